The summed E-state index contributed by atoms with van der Waals surface area (Å²) in [6, 6.07) is 11.6. The molecule has 0 aromatic heterocycles. The predicted octanol–water partition coefficient (Wildman–Crippen LogP) is 3.74. The standard InChI is InChI=1S/C21H21ClN2O3/c1-15-2-5-17(22)13-18(15)23-8-10-24(11-9-23)21(25)7-4-16-3-6-19-20(12-16)27-14-26-19/h2-7,12-13H,8-11,14H2,1H3/b7-4+. The third-order valence-electron chi connectivity index (χ3n) is 4.92. The van der Waals surface area contributed by atoms with Crippen LogP contribution < -0.4 is 14.4 Å². The molecule has 0 unspecified atom stereocenters. The Morgan fingerprint density at radius 3 is 2.63 bits per heavy atom. The summed E-state index contributed by atoms with van der Waals surface area (Å²) in [5.41, 5.74) is 3.26. The summed E-state index contributed by atoms with van der Waals surface area (Å²) in [5.74, 6) is 1.48. The van der Waals surface area contributed by atoms with Crippen molar-refractivity contribution in [3.8, 4) is 11.5 Å². The largest absolute Gasteiger partial charge is 0.454 e. The number of anilines is 1. The number of hydrogen-bond acceptors (Lipinski definition) is 4. The summed E-state index contributed by atoms with van der Waals surface area (Å²) in [6.07, 6.45) is 3.44. The molecule has 5 nitrogen and oxygen atoms in total. The molecule has 4 rings (SSSR count). The lowest BCUT2D eigenvalue weighted by atomic mass is 10.1. The first-order chi connectivity index (χ1) is 13.1. The van der Waals surface area contributed by atoms with Crippen LogP contribution in [0.1, 0.15) is 11.1 Å². The highest BCUT2D eigenvalue weighted by Crippen LogP contribution is 2.32. The first-order valence-corrected chi connectivity index (χ1v) is 9.36. The van der Waals surface area contributed by atoms with E-state index in [1.54, 1.807) is 6.08 Å². The summed E-state index contributed by atoms with van der Waals surface area (Å²) < 4.78 is 10.7. The van der Waals surface area contributed by atoms with E-state index < -0.39 is 0 Å². The molecule has 0 N–H and O–H groups in total. The van der Waals surface area contributed by atoms with Crippen LogP contribution in [0, 0.1) is 6.92 Å². The highest BCUT2D eigenvalue weighted by atomic mass is 35.5. The number of benzene rings is 2. The summed E-state index contributed by atoms with van der Waals surface area (Å²) >= 11 is 6.13. The minimum atomic E-state index is 0.0233. The van der Waals surface area contributed by atoms with Crippen molar-refractivity contribution in [2.75, 3.05) is 37.9 Å². The Morgan fingerprint density at radius 2 is 1.81 bits per heavy atom. The first-order valence-electron chi connectivity index (χ1n) is 8.98. The van der Waals surface area contributed by atoms with Gasteiger partial charge in [-0.05, 0) is 48.4 Å². The van der Waals surface area contributed by atoms with Crippen molar-refractivity contribution in [1.82, 2.24) is 4.90 Å². The number of ether oxygens (including phenoxy) is 2. The molecule has 2 aromatic rings. The Hall–Kier alpha value is -2.66. The van der Waals surface area contributed by atoms with Gasteiger partial charge in [-0.15, -0.1) is 0 Å². The van der Waals surface area contributed by atoms with E-state index in [0.717, 1.165) is 40.9 Å². The smallest absolute Gasteiger partial charge is 0.246 e. The number of nitrogens with zero attached hydrogens (tertiary/aromatic N) is 2. The molecular weight excluding hydrogens is 364 g/mol. The number of carbonyl (C=O) groups excluding carboxylic acids is 1. The molecule has 0 aliphatic carbocycles. The Kier molecular flexibility index (Phi) is 4.94. The van der Waals surface area contributed by atoms with Crippen LogP contribution in [0.15, 0.2) is 42.5 Å². The lowest BCUT2D eigenvalue weighted by Crippen LogP contribution is -2.48. The Labute approximate surface area is 163 Å². The van der Waals surface area contributed by atoms with E-state index in [9.17, 15) is 4.79 Å². The number of halogens is 1. The molecule has 27 heavy (non-hydrogen) atoms. The zero-order valence-electron chi connectivity index (χ0n) is 15.2. The van der Waals surface area contributed by atoms with Crippen LogP contribution in [0.3, 0.4) is 0 Å². The second kappa shape index (κ2) is 7.53. The van der Waals surface area contributed by atoms with Gasteiger partial charge < -0.3 is 19.3 Å². The zero-order chi connectivity index (χ0) is 18.8. The van der Waals surface area contributed by atoms with Crippen LogP contribution in [0.25, 0.3) is 6.08 Å². The van der Waals surface area contributed by atoms with Gasteiger partial charge in [0.25, 0.3) is 0 Å². The molecule has 1 saturated heterocycles. The second-order valence-corrected chi connectivity index (χ2v) is 7.13. The van der Waals surface area contributed by atoms with Gasteiger partial charge in [-0.1, -0.05) is 23.7 Å². The van der Waals surface area contributed by atoms with E-state index in [0.29, 0.717) is 13.1 Å². The Morgan fingerprint density at radius 1 is 1.04 bits per heavy atom. The molecule has 6 heteroatoms. The maximum Gasteiger partial charge on any atom is 0.246 e. The third kappa shape index (κ3) is 3.88. The van der Waals surface area contributed by atoms with Crippen molar-refractivity contribution in [2.45, 2.75) is 6.92 Å². The van der Waals surface area contributed by atoms with E-state index in [1.165, 1.54) is 5.56 Å². The molecular formula is C21H21ClN2O3. The highest BCUT2D eigenvalue weighted by molar-refractivity contribution is 6.30. The average Bonchev–Trinajstić information content (AvgIpc) is 3.16. The minimum Gasteiger partial charge on any atom is -0.454 e. The van der Waals surface area contributed by atoms with E-state index in [1.807, 2.05) is 47.4 Å². The quantitative estimate of drug-likeness (QED) is 0.756. The molecule has 0 bridgehead atoms. The number of aryl methyl sites for hydroxylation is 1. The van der Waals surface area contributed by atoms with Crippen molar-refractivity contribution in [3.63, 3.8) is 0 Å². The molecule has 0 radical (unpaired) electrons. The molecule has 1 fully saturated rings. The van der Waals surface area contributed by atoms with Gasteiger partial charge in [-0.2, -0.15) is 0 Å². The molecule has 2 aliphatic rings. The third-order valence-corrected chi connectivity index (χ3v) is 5.15. The number of carbonyl (C=O) groups is 1. The van der Waals surface area contributed by atoms with E-state index in [-0.39, 0.29) is 12.7 Å². The fraction of sp³-hybridized carbons (Fsp3) is 0.286. The van der Waals surface area contributed by atoms with Gasteiger partial charge in [-0.3, -0.25) is 4.79 Å². The van der Waals surface area contributed by atoms with Gasteiger partial charge in [-0.25, -0.2) is 0 Å². The second-order valence-electron chi connectivity index (χ2n) is 6.69. The number of fused-ring (bicyclic) bond motifs is 1. The molecule has 0 saturated carbocycles. The van der Waals surface area contributed by atoms with Crippen LogP contribution in [0.2, 0.25) is 5.02 Å². The van der Waals surface area contributed by atoms with Gasteiger partial charge in [0.2, 0.25) is 12.7 Å². The predicted molar refractivity (Wildman–Crippen MR) is 107 cm³/mol. The summed E-state index contributed by atoms with van der Waals surface area (Å²) in [7, 11) is 0. The number of amides is 1. The highest BCUT2D eigenvalue weighted by Gasteiger charge is 2.21. The van der Waals surface area contributed by atoms with Crippen molar-refractivity contribution in [3.05, 3.63) is 58.6 Å². The van der Waals surface area contributed by atoms with Crippen LogP contribution >= 0.6 is 11.6 Å². The maximum atomic E-state index is 12.5. The van der Waals surface area contributed by atoms with Gasteiger partial charge in [0.05, 0.1) is 0 Å². The fourth-order valence-electron chi connectivity index (χ4n) is 3.38. The SMILES string of the molecule is Cc1ccc(Cl)cc1N1CCN(C(=O)/C=C/c2ccc3c(c2)OCO3)CC1. The van der Waals surface area contributed by atoms with Gasteiger partial charge in [0, 0.05) is 43.0 Å². The maximum absolute atomic E-state index is 12.5. The molecule has 0 spiro atoms. The molecule has 2 aliphatic heterocycles. The van der Waals surface area contributed by atoms with Crippen molar-refractivity contribution >= 4 is 29.3 Å². The number of rotatable bonds is 3. The molecule has 2 aromatic carbocycles. The topological polar surface area (TPSA) is 42.0 Å². The van der Waals surface area contributed by atoms with Crippen LogP contribution in [0.4, 0.5) is 5.69 Å². The fourth-order valence-corrected chi connectivity index (χ4v) is 3.55. The molecule has 140 valence electrons. The minimum absolute atomic E-state index is 0.0233. The van der Waals surface area contributed by atoms with Crippen molar-refractivity contribution in [1.29, 1.82) is 0 Å². The summed E-state index contributed by atoms with van der Waals surface area (Å²) in [5, 5.41) is 0.737. The van der Waals surface area contributed by atoms with Gasteiger partial charge in [0.15, 0.2) is 11.5 Å². The van der Waals surface area contributed by atoms with E-state index >= 15 is 0 Å². The Bertz CT molecular complexity index is 889. The Balaban J connectivity index is 1.36. The van der Waals surface area contributed by atoms with Gasteiger partial charge >= 0.3 is 0 Å². The molecule has 2 heterocycles. The van der Waals surface area contributed by atoms with Crippen LogP contribution in [0.5, 0.6) is 11.5 Å². The summed E-state index contributed by atoms with van der Waals surface area (Å²) in [4.78, 5) is 16.7. The number of hydrogen-bond donors (Lipinski definition) is 0. The summed E-state index contributed by atoms with van der Waals surface area (Å²) in [6.45, 7) is 5.30. The molecule has 1 amide bonds. The van der Waals surface area contributed by atoms with Gasteiger partial charge in [0.1, 0.15) is 0 Å². The van der Waals surface area contributed by atoms with Crippen molar-refractivity contribution in [2.24, 2.45) is 0 Å². The molecule has 0 atom stereocenters. The van der Waals surface area contributed by atoms with E-state index in [2.05, 4.69) is 11.8 Å². The monoisotopic (exact) mass is 384 g/mol. The lowest BCUT2D eigenvalue weighted by molar-refractivity contribution is -0.126. The van der Waals surface area contributed by atoms with Crippen molar-refractivity contribution < 1.29 is 14.3 Å². The van der Waals surface area contributed by atoms with Crippen LogP contribution in [-0.4, -0.2) is 43.8 Å². The number of piperazine rings is 1. The zero-order valence-corrected chi connectivity index (χ0v) is 15.9. The first kappa shape index (κ1) is 17.7. The normalized spacial score (nSPS) is 16.2. The average molecular weight is 385 g/mol. The van der Waals surface area contributed by atoms with E-state index in [4.69, 9.17) is 21.1 Å². The van der Waals surface area contributed by atoms with Crippen LogP contribution in [-0.2, 0) is 4.79 Å². The lowest BCUT2D eigenvalue weighted by Gasteiger charge is -2.36.